The Hall–Kier alpha value is -1.07. The van der Waals surface area contributed by atoms with Crippen molar-refractivity contribution in [3.05, 3.63) is 17.3 Å². The molecule has 20 heavy (non-hydrogen) atoms. The van der Waals surface area contributed by atoms with Gasteiger partial charge in [-0.15, -0.1) is 11.3 Å². The van der Waals surface area contributed by atoms with Crippen molar-refractivity contribution in [1.82, 2.24) is 14.7 Å². The minimum absolute atomic E-state index is 0.645. The molecule has 1 aliphatic carbocycles. The van der Waals surface area contributed by atoms with Gasteiger partial charge in [-0.1, -0.05) is 6.92 Å². The average molecular weight is 292 g/mol. The lowest BCUT2D eigenvalue weighted by atomic mass is 9.87. The van der Waals surface area contributed by atoms with Crippen LogP contribution in [0.25, 0.3) is 4.96 Å². The van der Waals surface area contributed by atoms with Crippen LogP contribution in [-0.2, 0) is 6.54 Å². The van der Waals surface area contributed by atoms with Gasteiger partial charge in [-0.2, -0.15) is 0 Å². The van der Waals surface area contributed by atoms with Crippen LogP contribution in [0.3, 0.4) is 0 Å². The van der Waals surface area contributed by atoms with Gasteiger partial charge in [0, 0.05) is 31.2 Å². The number of hydrogen-bond donors (Lipinski definition) is 1. The van der Waals surface area contributed by atoms with E-state index in [1.165, 1.54) is 31.4 Å². The first kappa shape index (κ1) is 13.9. The predicted octanol–water partition coefficient (Wildman–Crippen LogP) is 3.13. The van der Waals surface area contributed by atoms with Crippen molar-refractivity contribution in [2.24, 2.45) is 5.92 Å². The maximum atomic E-state index is 4.85. The first-order valence-corrected chi connectivity index (χ1v) is 8.40. The van der Waals surface area contributed by atoms with Crippen LogP contribution in [0.15, 0.2) is 11.6 Å². The van der Waals surface area contributed by atoms with Gasteiger partial charge in [0.2, 0.25) is 0 Å². The number of nitrogens with zero attached hydrogens (tertiary/aromatic N) is 3. The van der Waals surface area contributed by atoms with E-state index in [9.17, 15) is 0 Å². The highest BCUT2D eigenvalue weighted by Gasteiger charge is 2.25. The van der Waals surface area contributed by atoms with Crippen molar-refractivity contribution in [3.63, 3.8) is 0 Å². The fraction of sp³-hybridized carbons (Fsp3) is 0.667. The number of nitrogens with one attached hydrogen (secondary N) is 1. The lowest BCUT2D eigenvalue weighted by Gasteiger charge is -2.34. The van der Waals surface area contributed by atoms with Gasteiger partial charge >= 0.3 is 0 Å². The minimum atomic E-state index is 0.645. The van der Waals surface area contributed by atoms with Crippen LogP contribution in [0, 0.1) is 5.92 Å². The fourth-order valence-corrected chi connectivity index (χ4v) is 3.97. The molecule has 0 aliphatic heterocycles. The molecule has 2 aromatic rings. The van der Waals surface area contributed by atoms with Gasteiger partial charge in [0.15, 0.2) is 10.8 Å². The number of aromatic nitrogens is 2. The van der Waals surface area contributed by atoms with E-state index in [1.807, 2.05) is 7.05 Å². The number of hydrogen-bond acceptors (Lipinski definition) is 4. The van der Waals surface area contributed by atoms with E-state index in [0.29, 0.717) is 6.04 Å². The molecule has 4 nitrogen and oxygen atoms in total. The van der Waals surface area contributed by atoms with Gasteiger partial charge < -0.3 is 10.2 Å². The molecule has 0 amide bonds. The molecule has 0 aromatic carbocycles. The van der Waals surface area contributed by atoms with Crippen LogP contribution < -0.4 is 10.2 Å². The second kappa shape index (κ2) is 5.74. The summed E-state index contributed by atoms with van der Waals surface area (Å²) in [7, 11) is 4.21. The van der Waals surface area contributed by atoms with Gasteiger partial charge in [-0.05, 0) is 38.6 Å². The normalized spacial score (nSPS) is 23.4. The molecule has 0 radical (unpaired) electrons. The summed E-state index contributed by atoms with van der Waals surface area (Å²) >= 11 is 1.71. The van der Waals surface area contributed by atoms with E-state index in [2.05, 4.69) is 40.2 Å². The summed E-state index contributed by atoms with van der Waals surface area (Å²) in [6.07, 6.45) is 7.40. The zero-order valence-corrected chi connectivity index (χ0v) is 13.4. The third-order valence-corrected chi connectivity index (χ3v) is 5.31. The van der Waals surface area contributed by atoms with Crippen LogP contribution in [0.1, 0.15) is 38.3 Å². The van der Waals surface area contributed by atoms with Crippen LogP contribution >= 0.6 is 11.3 Å². The van der Waals surface area contributed by atoms with Crippen molar-refractivity contribution in [3.8, 4) is 0 Å². The standard InChI is InChI=1S/C15H24N4S/c1-11-4-6-12(7-5-11)18(3)14-13(10-16-2)19-8-9-20-15(19)17-14/h8-9,11-12,16H,4-7,10H2,1-3H3. The molecule has 0 unspecified atom stereocenters. The summed E-state index contributed by atoms with van der Waals surface area (Å²) in [6, 6.07) is 0.645. The van der Waals surface area contributed by atoms with Crippen LogP contribution in [0.2, 0.25) is 0 Å². The summed E-state index contributed by atoms with van der Waals surface area (Å²) in [5, 5.41) is 5.38. The summed E-state index contributed by atoms with van der Waals surface area (Å²) in [5.41, 5.74) is 1.28. The van der Waals surface area contributed by atoms with Crippen LogP contribution in [-0.4, -0.2) is 29.5 Å². The number of anilines is 1. The maximum absolute atomic E-state index is 4.85. The number of thiazole rings is 1. The van der Waals surface area contributed by atoms with Crippen molar-refractivity contribution in [1.29, 1.82) is 0 Å². The Balaban J connectivity index is 1.88. The molecule has 1 fully saturated rings. The Morgan fingerprint density at radius 1 is 1.40 bits per heavy atom. The Morgan fingerprint density at radius 3 is 2.85 bits per heavy atom. The van der Waals surface area contributed by atoms with E-state index in [0.717, 1.165) is 23.2 Å². The molecule has 110 valence electrons. The van der Waals surface area contributed by atoms with Crippen molar-refractivity contribution < 1.29 is 0 Å². The van der Waals surface area contributed by atoms with Gasteiger partial charge in [0.25, 0.3) is 0 Å². The average Bonchev–Trinajstić information content (AvgIpc) is 3.02. The lowest BCUT2D eigenvalue weighted by Crippen LogP contribution is -2.35. The molecule has 1 N–H and O–H groups in total. The largest absolute Gasteiger partial charge is 0.355 e. The molecule has 1 saturated carbocycles. The zero-order chi connectivity index (χ0) is 14.1. The first-order chi connectivity index (χ1) is 9.70. The maximum Gasteiger partial charge on any atom is 0.195 e. The zero-order valence-electron chi connectivity index (χ0n) is 12.6. The molecule has 2 heterocycles. The van der Waals surface area contributed by atoms with E-state index in [1.54, 1.807) is 11.3 Å². The van der Waals surface area contributed by atoms with E-state index < -0.39 is 0 Å². The molecule has 0 saturated heterocycles. The number of fused-ring (bicyclic) bond motifs is 1. The van der Waals surface area contributed by atoms with Crippen molar-refractivity contribution in [2.45, 2.75) is 45.2 Å². The van der Waals surface area contributed by atoms with Gasteiger partial charge in [-0.3, -0.25) is 4.40 Å². The van der Waals surface area contributed by atoms with Crippen molar-refractivity contribution in [2.75, 3.05) is 19.0 Å². The minimum Gasteiger partial charge on any atom is -0.355 e. The van der Waals surface area contributed by atoms with Crippen molar-refractivity contribution >= 4 is 22.1 Å². The second-order valence-corrected chi connectivity index (χ2v) is 6.87. The fourth-order valence-electron chi connectivity index (χ4n) is 3.24. The molecule has 0 bridgehead atoms. The second-order valence-electron chi connectivity index (χ2n) is 5.99. The molecule has 3 rings (SSSR count). The first-order valence-electron chi connectivity index (χ1n) is 7.52. The molecule has 5 heteroatoms. The number of rotatable bonds is 4. The molecule has 2 aromatic heterocycles. The lowest BCUT2D eigenvalue weighted by molar-refractivity contribution is 0.340. The number of imidazole rings is 1. The highest BCUT2D eigenvalue weighted by atomic mass is 32.1. The highest BCUT2D eigenvalue weighted by molar-refractivity contribution is 7.15. The molecular weight excluding hydrogens is 268 g/mol. The summed E-state index contributed by atoms with van der Waals surface area (Å²) in [5.74, 6) is 2.05. The molecule has 1 aliphatic rings. The van der Waals surface area contributed by atoms with Gasteiger partial charge in [0.05, 0.1) is 5.69 Å². The predicted molar refractivity (Wildman–Crippen MR) is 85.7 cm³/mol. The molecule has 0 spiro atoms. The molecule has 0 atom stereocenters. The third kappa shape index (κ3) is 2.44. The van der Waals surface area contributed by atoms with E-state index >= 15 is 0 Å². The summed E-state index contributed by atoms with van der Waals surface area (Å²) in [6.45, 7) is 3.23. The van der Waals surface area contributed by atoms with Gasteiger partial charge in [-0.25, -0.2) is 4.98 Å². The van der Waals surface area contributed by atoms with Crippen LogP contribution in [0.4, 0.5) is 5.82 Å². The molecular formula is C15H24N4S. The Kier molecular flexibility index (Phi) is 3.98. The summed E-state index contributed by atoms with van der Waals surface area (Å²) < 4.78 is 2.22. The van der Waals surface area contributed by atoms with Crippen LogP contribution in [0.5, 0.6) is 0 Å². The Labute approximate surface area is 124 Å². The highest BCUT2D eigenvalue weighted by Crippen LogP contribution is 2.31. The smallest absolute Gasteiger partial charge is 0.195 e. The SMILES string of the molecule is CNCc1c(N(C)C2CCC(C)CC2)nc2sccn12. The Morgan fingerprint density at radius 2 is 2.15 bits per heavy atom. The quantitative estimate of drug-likeness (QED) is 0.939. The monoisotopic (exact) mass is 292 g/mol. The van der Waals surface area contributed by atoms with Gasteiger partial charge in [0.1, 0.15) is 0 Å². The summed E-state index contributed by atoms with van der Waals surface area (Å²) in [4.78, 5) is 8.37. The Bertz CT molecular complexity index is 565. The topological polar surface area (TPSA) is 32.6 Å². The van der Waals surface area contributed by atoms with E-state index in [-0.39, 0.29) is 0 Å². The van der Waals surface area contributed by atoms with E-state index in [4.69, 9.17) is 4.98 Å². The third-order valence-electron chi connectivity index (χ3n) is 4.55.